The van der Waals surface area contributed by atoms with Crippen molar-refractivity contribution in [2.45, 2.75) is 84.7 Å². The van der Waals surface area contributed by atoms with Gasteiger partial charge in [0.1, 0.15) is 5.75 Å². The van der Waals surface area contributed by atoms with Crippen LogP contribution < -0.4 is 0 Å². The van der Waals surface area contributed by atoms with E-state index in [1.807, 2.05) is 19.1 Å². The lowest BCUT2D eigenvalue weighted by Crippen LogP contribution is -2.05. The van der Waals surface area contributed by atoms with Crippen LogP contribution in [0.15, 0.2) is 18.2 Å². The van der Waals surface area contributed by atoms with Gasteiger partial charge in [-0.15, -0.1) is 0 Å². The Bertz CT molecular complexity index is 516. The number of unbranched alkanes of at least 4 members (excludes halogenated alkanes) is 7. The molecule has 1 atom stereocenters. The minimum Gasteiger partial charge on any atom is -0.507 e. The van der Waals surface area contributed by atoms with E-state index in [2.05, 4.69) is 13.8 Å². The summed E-state index contributed by atoms with van der Waals surface area (Å²) in [6.07, 6.45) is 10.6. The molecule has 0 aromatic heterocycles. The molecule has 0 aliphatic heterocycles. The van der Waals surface area contributed by atoms with Crippen LogP contribution in [0.3, 0.4) is 0 Å². The largest absolute Gasteiger partial charge is 0.507 e. The van der Waals surface area contributed by atoms with Crippen LogP contribution in [0.5, 0.6) is 5.75 Å². The van der Waals surface area contributed by atoms with Crippen LogP contribution in [0.25, 0.3) is 0 Å². The highest BCUT2D eigenvalue weighted by Crippen LogP contribution is 2.32. The van der Waals surface area contributed by atoms with E-state index < -0.39 is 0 Å². The number of ether oxygens (including phenoxy) is 1. The number of hydrogen-bond donors (Lipinski definition) is 1. The third-order valence-electron chi connectivity index (χ3n) is 4.57. The van der Waals surface area contributed by atoms with E-state index in [4.69, 9.17) is 4.74 Å². The molecule has 4 heteroatoms. The summed E-state index contributed by atoms with van der Waals surface area (Å²) < 4.78 is 5.89. The van der Waals surface area contributed by atoms with Crippen LogP contribution in [0.1, 0.15) is 101 Å². The summed E-state index contributed by atoms with van der Waals surface area (Å²) in [4.78, 5) is 12.3. The number of thioether (sulfide) groups is 1. The number of benzene rings is 1. The fraction of sp³-hybridized carbons (Fsp3) is 0.682. The summed E-state index contributed by atoms with van der Waals surface area (Å²) in [5, 5.41) is 10.4. The van der Waals surface area contributed by atoms with E-state index in [1.165, 1.54) is 50.3 Å². The number of phenolic OH excluding ortho intramolecular Hbond substituents is 1. The van der Waals surface area contributed by atoms with Gasteiger partial charge in [0, 0.05) is 17.9 Å². The van der Waals surface area contributed by atoms with Crippen molar-refractivity contribution in [3.05, 3.63) is 29.3 Å². The van der Waals surface area contributed by atoms with Crippen molar-refractivity contribution in [3.8, 4) is 5.75 Å². The van der Waals surface area contributed by atoms with Crippen LogP contribution in [-0.4, -0.2) is 22.6 Å². The second kappa shape index (κ2) is 14.1. The van der Waals surface area contributed by atoms with Crippen LogP contribution >= 0.6 is 11.8 Å². The molecule has 0 bridgehead atoms. The third kappa shape index (κ3) is 8.59. The summed E-state index contributed by atoms with van der Waals surface area (Å²) in [6.45, 7) is 6.97. The van der Waals surface area contributed by atoms with Gasteiger partial charge in [-0.05, 0) is 25.8 Å². The number of para-hydroxylation sites is 1. The fourth-order valence-corrected chi connectivity index (χ4v) is 3.79. The van der Waals surface area contributed by atoms with Crippen LogP contribution in [0.2, 0.25) is 0 Å². The molecule has 0 radical (unpaired) electrons. The molecule has 148 valence electrons. The minimum atomic E-state index is -0.205. The normalized spacial score (nSPS) is 12.3. The molecule has 26 heavy (non-hydrogen) atoms. The molecule has 0 aliphatic rings. The molecular weight excluding hydrogens is 344 g/mol. The number of carbonyl (C=O) groups is 1. The second-order valence-corrected chi connectivity index (χ2v) is 7.93. The van der Waals surface area contributed by atoms with Crippen molar-refractivity contribution in [1.82, 2.24) is 0 Å². The van der Waals surface area contributed by atoms with Crippen molar-refractivity contribution < 1.29 is 14.6 Å². The Morgan fingerprint density at radius 2 is 1.69 bits per heavy atom. The van der Waals surface area contributed by atoms with Gasteiger partial charge in [0.2, 0.25) is 5.12 Å². The Labute approximate surface area is 163 Å². The van der Waals surface area contributed by atoms with Gasteiger partial charge in [0.15, 0.2) is 0 Å². The van der Waals surface area contributed by atoms with Crippen molar-refractivity contribution in [3.63, 3.8) is 0 Å². The third-order valence-corrected chi connectivity index (χ3v) is 5.55. The first-order valence-corrected chi connectivity index (χ1v) is 11.2. The number of hydrogen-bond acceptors (Lipinski definition) is 4. The fourth-order valence-electron chi connectivity index (χ4n) is 2.85. The zero-order chi connectivity index (χ0) is 19.2. The molecule has 0 heterocycles. The molecule has 0 saturated heterocycles. The van der Waals surface area contributed by atoms with Gasteiger partial charge in [0.05, 0.1) is 11.7 Å². The Kier molecular flexibility index (Phi) is 12.5. The minimum absolute atomic E-state index is 0.0583. The zero-order valence-corrected chi connectivity index (χ0v) is 17.6. The summed E-state index contributed by atoms with van der Waals surface area (Å²) in [5.74, 6) is 0.872. The van der Waals surface area contributed by atoms with Gasteiger partial charge < -0.3 is 9.84 Å². The average Bonchev–Trinajstić information content (AvgIpc) is 2.64. The number of phenols is 1. The summed E-state index contributed by atoms with van der Waals surface area (Å²) >= 11 is 1.28. The molecule has 0 aliphatic carbocycles. The highest BCUT2D eigenvalue weighted by molar-refractivity contribution is 8.14. The predicted molar refractivity (Wildman–Crippen MR) is 112 cm³/mol. The summed E-state index contributed by atoms with van der Waals surface area (Å²) in [7, 11) is 0. The summed E-state index contributed by atoms with van der Waals surface area (Å²) in [5.41, 5.74) is 1.10. The Morgan fingerprint density at radius 3 is 2.38 bits per heavy atom. The maximum absolute atomic E-state index is 12.3. The first-order valence-electron chi connectivity index (χ1n) is 10.2. The lowest BCUT2D eigenvalue weighted by Gasteiger charge is -2.16. The van der Waals surface area contributed by atoms with Crippen LogP contribution in [0, 0.1) is 0 Å². The molecule has 0 saturated carbocycles. The highest BCUT2D eigenvalue weighted by atomic mass is 32.2. The van der Waals surface area contributed by atoms with E-state index in [0.717, 1.165) is 25.0 Å². The van der Waals surface area contributed by atoms with Crippen molar-refractivity contribution in [2.75, 3.05) is 12.4 Å². The summed E-state index contributed by atoms with van der Waals surface area (Å²) in [6, 6.07) is 5.37. The number of aromatic hydroxyl groups is 1. The molecule has 0 spiro atoms. The molecule has 3 nitrogen and oxygen atoms in total. The predicted octanol–water partition coefficient (Wildman–Crippen LogP) is 6.89. The Balaban J connectivity index is 2.42. The maximum atomic E-state index is 12.3. The quantitative estimate of drug-likeness (QED) is 0.357. The van der Waals surface area contributed by atoms with Gasteiger partial charge in [-0.2, -0.15) is 0 Å². The van der Waals surface area contributed by atoms with E-state index in [0.29, 0.717) is 17.7 Å². The van der Waals surface area contributed by atoms with Gasteiger partial charge in [0.25, 0.3) is 0 Å². The van der Waals surface area contributed by atoms with Crippen molar-refractivity contribution in [1.29, 1.82) is 0 Å². The first-order chi connectivity index (χ1) is 12.6. The Hall–Kier alpha value is -1.00. The van der Waals surface area contributed by atoms with Gasteiger partial charge in [-0.25, -0.2) is 0 Å². The molecule has 1 aromatic rings. The topological polar surface area (TPSA) is 46.5 Å². The monoisotopic (exact) mass is 380 g/mol. The molecular formula is C22H36O3S. The standard InChI is InChI=1S/C22H36O3S/c1-4-6-8-9-10-11-12-16-25-18(3)19-14-13-15-20(21(19)23)22(24)26-17-7-5-2/h13-15,18,23H,4-12,16-17H2,1-3H3/t18-/m0/s1. The van der Waals surface area contributed by atoms with E-state index in [9.17, 15) is 9.90 Å². The Morgan fingerprint density at radius 1 is 1.04 bits per heavy atom. The molecule has 0 unspecified atom stereocenters. The van der Waals surface area contributed by atoms with E-state index in [1.54, 1.807) is 6.07 Å². The van der Waals surface area contributed by atoms with Gasteiger partial charge >= 0.3 is 0 Å². The average molecular weight is 381 g/mol. The van der Waals surface area contributed by atoms with Crippen molar-refractivity contribution >= 4 is 16.9 Å². The second-order valence-electron chi connectivity index (χ2n) is 6.87. The van der Waals surface area contributed by atoms with Crippen LogP contribution in [0.4, 0.5) is 0 Å². The van der Waals surface area contributed by atoms with Gasteiger partial charge in [-0.3, -0.25) is 4.79 Å². The molecule has 1 N–H and O–H groups in total. The number of rotatable bonds is 14. The maximum Gasteiger partial charge on any atom is 0.223 e. The van der Waals surface area contributed by atoms with E-state index >= 15 is 0 Å². The number of carbonyl (C=O) groups excluding carboxylic acids is 1. The smallest absolute Gasteiger partial charge is 0.223 e. The van der Waals surface area contributed by atoms with Crippen molar-refractivity contribution in [2.24, 2.45) is 0 Å². The highest BCUT2D eigenvalue weighted by Gasteiger charge is 2.18. The lowest BCUT2D eigenvalue weighted by atomic mass is 10.1. The van der Waals surface area contributed by atoms with E-state index in [-0.39, 0.29) is 17.0 Å². The SMILES string of the molecule is CCCCCCCCCO[C@@H](C)c1cccc(C(=O)SCCCC)c1O. The molecule has 0 fully saturated rings. The van der Waals surface area contributed by atoms with Gasteiger partial charge in [-0.1, -0.05) is 82.7 Å². The molecule has 1 aromatic carbocycles. The first kappa shape index (κ1) is 23.0. The molecule has 0 amide bonds. The zero-order valence-electron chi connectivity index (χ0n) is 16.8. The lowest BCUT2D eigenvalue weighted by molar-refractivity contribution is 0.0611. The van der Waals surface area contributed by atoms with Crippen LogP contribution in [-0.2, 0) is 4.74 Å². The molecule has 1 rings (SSSR count).